The number of amides is 1. The molecule has 0 spiro atoms. The summed E-state index contributed by atoms with van der Waals surface area (Å²) in [5.74, 6) is -0.475. The first-order valence-electron chi connectivity index (χ1n) is 6.02. The molecule has 0 heterocycles. The van der Waals surface area contributed by atoms with Crippen LogP contribution in [0.25, 0.3) is 0 Å². The van der Waals surface area contributed by atoms with E-state index in [9.17, 15) is 9.59 Å². The van der Waals surface area contributed by atoms with Gasteiger partial charge in [0.05, 0.1) is 13.2 Å². The lowest BCUT2D eigenvalue weighted by Gasteiger charge is -2.11. The van der Waals surface area contributed by atoms with Crippen LogP contribution in [0.4, 0.5) is 4.79 Å². The normalized spacial score (nSPS) is 14.4. The summed E-state index contributed by atoms with van der Waals surface area (Å²) in [6, 6.07) is 0. The van der Waals surface area contributed by atoms with Gasteiger partial charge < -0.3 is 9.47 Å². The number of hydrogen-bond acceptors (Lipinski definition) is 4. The first-order chi connectivity index (χ1) is 8.19. The fourth-order valence-electron chi connectivity index (χ4n) is 1.81. The quantitative estimate of drug-likeness (QED) is 0.605. The van der Waals surface area contributed by atoms with Gasteiger partial charge in [0.1, 0.15) is 5.70 Å². The molecular formula is C12H19NO4. The number of carbonyl (C=O) groups is 2. The molecule has 0 radical (unpaired) electrons. The van der Waals surface area contributed by atoms with Crippen molar-refractivity contribution in [1.29, 1.82) is 0 Å². The van der Waals surface area contributed by atoms with Gasteiger partial charge in [0, 0.05) is 0 Å². The summed E-state index contributed by atoms with van der Waals surface area (Å²) in [7, 11) is 0. The predicted molar refractivity (Wildman–Crippen MR) is 62.3 cm³/mol. The van der Waals surface area contributed by atoms with E-state index in [0.717, 1.165) is 31.3 Å². The van der Waals surface area contributed by atoms with Crippen LogP contribution in [0.1, 0.15) is 39.5 Å². The lowest BCUT2D eigenvalue weighted by molar-refractivity contribution is -0.139. The van der Waals surface area contributed by atoms with E-state index in [1.807, 2.05) is 0 Å². The highest BCUT2D eigenvalue weighted by Crippen LogP contribution is 2.26. The summed E-state index contributed by atoms with van der Waals surface area (Å²) in [6.45, 7) is 4.02. The second kappa shape index (κ2) is 6.93. The Morgan fingerprint density at radius 1 is 1.12 bits per heavy atom. The molecule has 5 nitrogen and oxygen atoms in total. The van der Waals surface area contributed by atoms with Gasteiger partial charge in [-0.25, -0.2) is 9.59 Å². The fourth-order valence-corrected chi connectivity index (χ4v) is 1.81. The van der Waals surface area contributed by atoms with E-state index in [1.54, 1.807) is 13.8 Å². The highest BCUT2D eigenvalue weighted by Gasteiger charge is 2.21. The van der Waals surface area contributed by atoms with E-state index < -0.39 is 12.1 Å². The maximum atomic E-state index is 11.7. The fraction of sp³-hybridized carbons (Fsp3) is 0.667. The maximum Gasteiger partial charge on any atom is 0.411 e. The number of alkyl carbamates (subject to hydrolysis) is 1. The topological polar surface area (TPSA) is 64.6 Å². The average molecular weight is 241 g/mol. The van der Waals surface area contributed by atoms with Crippen molar-refractivity contribution in [2.24, 2.45) is 0 Å². The van der Waals surface area contributed by atoms with E-state index >= 15 is 0 Å². The first kappa shape index (κ1) is 13.5. The second-order valence-corrected chi connectivity index (χ2v) is 3.75. The highest BCUT2D eigenvalue weighted by atomic mass is 16.6. The van der Waals surface area contributed by atoms with Crippen LogP contribution in [0.5, 0.6) is 0 Å². The zero-order chi connectivity index (χ0) is 12.7. The van der Waals surface area contributed by atoms with Crippen molar-refractivity contribution in [2.45, 2.75) is 39.5 Å². The molecule has 5 heteroatoms. The molecule has 1 rings (SSSR count). The second-order valence-electron chi connectivity index (χ2n) is 3.75. The molecule has 0 saturated heterocycles. The summed E-state index contributed by atoms with van der Waals surface area (Å²) < 4.78 is 9.70. The van der Waals surface area contributed by atoms with Crippen molar-refractivity contribution in [1.82, 2.24) is 5.32 Å². The summed E-state index contributed by atoms with van der Waals surface area (Å²) in [6.07, 6.45) is 3.15. The molecule has 1 aliphatic rings. The summed E-state index contributed by atoms with van der Waals surface area (Å²) in [5.41, 5.74) is 1.22. The minimum atomic E-state index is -0.602. The molecule has 0 atom stereocenters. The Hall–Kier alpha value is -1.52. The van der Waals surface area contributed by atoms with Gasteiger partial charge in [0.25, 0.3) is 0 Å². The predicted octanol–water partition coefficient (Wildman–Crippen LogP) is 2.12. The van der Waals surface area contributed by atoms with Crippen LogP contribution in [0.2, 0.25) is 0 Å². The molecule has 17 heavy (non-hydrogen) atoms. The Labute approximate surface area is 101 Å². The number of esters is 1. The van der Waals surface area contributed by atoms with E-state index in [0.29, 0.717) is 6.61 Å². The van der Waals surface area contributed by atoms with Gasteiger partial charge >= 0.3 is 12.1 Å². The van der Waals surface area contributed by atoms with Crippen LogP contribution < -0.4 is 5.32 Å². The molecule has 1 aliphatic carbocycles. The van der Waals surface area contributed by atoms with E-state index in [2.05, 4.69) is 5.32 Å². The van der Waals surface area contributed by atoms with E-state index in [4.69, 9.17) is 9.47 Å². The number of carbonyl (C=O) groups excluding carboxylic acids is 2. The Balaban J connectivity index is 2.75. The number of nitrogens with one attached hydrogen (secondary N) is 1. The molecule has 96 valence electrons. The third-order valence-corrected chi connectivity index (χ3v) is 2.54. The third kappa shape index (κ3) is 4.09. The lowest BCUT2D eigenvalue weighted by atomic mass is 10.1. The molecular weight excluding hydrogens is 222 g/mol. The minimum Gasteiger partial charge on any atom is -0.461 e. The Kier molecular flexibility index (Phi) is 5.52. The van der Waals surface area contributed by atoms with Crippen molar-refractivity contribution in [2.75, 3.05) is 13.2 Å². The molecule has 1 amide bonds. The van der Waals surface area contributed by atoms with Gasteiger partial charge in [0.15, 0.2) is 0 Å². The summed E-state index contributed by atoms with van der Waals surface area (Å²) >= 11 is 0. The molecule has 0 bridgehead atoms. The average Bonchev–Trinajstić information content (AvgIpc) is 2.79. The number of hydrogen-bond donors (Lipinski definition) is 1. The van der Waals surface area contributed by atoms with Crippen molar-refractivity contribution < 1.29 is 19.1 Å². The largest absolute Gasteiger partial charge is 0.461 e. The van der Waals surface area contributed by atoms with Crippen LogP contribution in [0, 0.1) is 0 Å². The molecule has 1 N–H and O–H groups in total. The van der Waals surface area contributed by atoms with Crippen molar-refractivity contribution in [3.05, 3.63) is 11.3 Å². The molecule has 0 unspecified atom stereocenters. The van der Waals surface area contributed by atoms with Gasteiger partial charge in [-0.3, -0.25) is 5.32 Å². The Bertz CT molecular complexity index is 314. The standard InChI is InChI=1S/C12H19NO4/c1-3-16-11(14)10(9-7-5-6-8-9)13-12(15)17-4-2/h3-8H2,1-2H3,(H,13,15). The third-order valence-electron chi connectivity index (χ3n) is 2.54. The Morgan fingerprint density at radius 3 is 2.24 bits per heavy atom. The van der Waals surface area contributed by atoms with Gasteiger partial charge in [-0.15, -0.1) is 0 Å². The maximum absolute atomic E-state index is 11.7. The zero-order valence-electron chi connectivity index (χ0n) is 10.4. The SMILES string of the molecule is CCOC(=O)NC(C(=O)OCC)=C1CCCC1. The minimum absolute atomic E-state index is 0.266. The smallest absolute Gasteiger partial charge is 0.411 e. The molecule has 0 aliphatic heterocycles. The van der Waals surface area contributed by atoms with E-state index in [-0.39, 0.29) is 12.3 Å². The summed E-state index contributed by atoms with van der Waals surface area (Å²) in [5, 5.41) is 2.49. The van der Waals surface area contributed by atoms with Gasteiger partial charge in [0.2, 0.25) is 0 Å². The molecule has 0 aromatic heterocycles. The number of rotatable bonds is 4. The number of ether oxygens (including phenoxy) is 2. The molecule has 1 fully saturated rings. The zero-order valence-corrected chi connectivity index (χ0v) is 10.4. The van der Waals surface area contributed by atoms with Gasteiger partial charge in [-0.05, 0) is 45.1 Å². The molecule has 0 aromatic carbocycles. The van der Waals surface area contributed by atoms with Crippen molar-refractivity contribution in [3.8, 4) is 0 Å². The Morgan fingerprint density at radius 2 is 1.71 bits per heavy atom. The van der Waals surface area contributed by atoms with Gasteiger partial charge in [-0.2, -0.15) is 0 Å². The van der Waals surface area contributed by atoms with Crippen molar-refractivity contribution >= 4 is 12.1 Å². The van der Waals surface area contributed by atoms with Crippen LogP contribution >= 0.6 is 0 Å². The number of allylic oxidation sites excluding steroid dienone is 1. The highest BCUT2D eigenvalue weighted by molar-refractivity contribution is 5.93. The van der Waals surface area contributed by atoms with Gasteiger partial charge in [-0.1, -0.05) is 0 Å². The molecule has 0 aromatic rings. The first-order valence-corrected chi connectivity index (χ1v) is 6.02. The lowest BCUT2D eigenvalue weighted by Crippen LogP contribution is -2.30. The van der Waals surface area contributed by atoms with Crippen LogP contribution in [0.3, 0.4) is 0 Å². The van der Waals surface area contributed by atoms with Crippen LogP contribution in [-0.2, 0) is 14.3 Å². The van der Waals surface area contributed by atoms with Crippen LogP contribution in [-0.4, -0.2) is 25.3 Å². The monoisotopic (exact) mass is 241 g/mol. The van der Waals surface area contributed by atoms with E-state index in [1.165, 1.54) is 0 Å². The van der Waals surface area contributed by atoms with Crippen LogP contribution in [0.15, 0.2) is 11.3 Å². The molecule has 1 saturated carbocycles. The summed E-state index contributed by atoms with van der Waals surface area (Å²) in [4.78, 5) is 23.1. The van der Waals surface area contributed by atoms with Crippen molar-refractivity contribution in [3.63, 3.8) is 0 Å².